The van der Waals surface area contributed by atoms with Crippen LogP contribution in [-0.4, -0.2) is 68.9 Å². The molecule has 1 aliphatic heterocycles. The SMILES string of the molecule is CN=CN1[C@@H](CCNN(C)CCNC)N[NH+]([O-])C1(C)C. The number of aliphatic imine (C=N–C) groups is 1. The molecule has 0 bridgehead atoms. The second-order valence-electron chi connectivity index (χ2n) is 5.55. The maximum atomic E-state index is 12.0. The lowest BCUT2D eigenvalue weighted by Crippen LogP contribution is -3.19. The monoisotopic (exact) mass is 287 g/mol. The first-order valence-corrected chi connectivity index (χ1v) is 7.04. The van der Waals surface area contributed by atoms with Crippen LogP contribution in [0.4, 0.5) is 0 Å². The first-order chi connectivity index (χ1) is 9.43. The standard InChI is InChI=1S/C12H29N7O/c1-12(2)18(10-14-4)11(16-19(12)20)6-7-15-17(5)9-8-13-3/h10-11,13,15-16,19H,6-9H2,1-5H3/t11-/m0/s1. The molecule has 1 heterocycles. The average Bonchev–Trinajstić information content (AvgIpc) is 2.60. The van der Waals surface area contributed by atoms with Crippen LogP contribution >= 0.6 is 0 Å². The van der Waals surface area contributed by atoms with Crippen LogP contribution in [0.25, 0.3) is 0 Å². The van der Waals surface area contributed by atoms with Crippen LogP contribution < -0.4 is 21.3 Å². The fourth-order valence-corrected chi connectivity index (χ4v) is 2.22. The summed E-state index contributed by atoms with van der Waals surface area (Å²) in [4.78, 5) is 6.04. The molecule has 4 N–H and O–H groups in total. The maximum Gasteiger partial charge on any atom is 0.187 e. The molecule has 0 aromatic carbocycles. The minimum Gasteiger partial charge on any atom is -0.611 e. The summed E-state index contributed by atoms with van der Waals surface area (Å²) in [6.45, 7) is 6.49. The van der Waals surface area contributed by atoms with Gasteiger partial charge in [-0.3, -0.25) is 20.5 Å². The number of nitrogens with zero attached hydrogens (tertiary/aromatic N) is 3. The summed E-state index contributed by atoms with van der Waals surface area (Å²) in [5.41, 5.74) is 5.80. The van der Waals surface area contributed by atoms with Crippen molar-refractivity contribution in [1.82, 2.24) is 26.1 Å². The molecule has 0 aromatic rings. The molecule has 1 fully saturated rings. The van der Waals surface area contributed by atoms with E-state index in [0.29, 0.717) is 0 Å². The Morgan fingerprint density at radius 3 is 2.80 bits per heavy atom. The lowest BCUT2D eigenvalue weighted by molar-refractivity contribution is -0.936. The van der Waals surface area contributed by atoms with E-state index in [4.69, 9.17) is 0 Å². The van der Waals surface area contributed by atoms with Gasteiger partial charge in [0.05, 0.1) is 6.34 Å². The van der Waals surface area contributed by atoms with Crippen molar-refractivity contribution >= 4 is 6.34 Å². The normalized spacial score (nSPS) is 26.1. The number of hydrogen-bond donors (Lipinski definition) is 4. The Labute approximate surface area is 121 Å². The van der Waals surface area contributed by atoms with Gasteiger partial charge in [-0.25, -0.2) is 5.01 Å². The van der Waals surface area contributed by atoms with Gasteiger partial charge in [0.2, 0.25) is 0 Å². The number of quaternary nitrogens is 1. The lowest BCUT2D eigenvalue weighted by atomic mass is 10.2. The minimum absolute atomic E-state index is 0.00796. The van der Waals surface area contributed by atoms with Gasteiger partial charge in [-0.2, -0.15) is 0 Å². The van der Waals surface area contributed by atoms with Crippen LogP contribution in [0.15, 0.2) is 4.99 Å². The summed E-state index contributed by atoms with van der Waals surface area (Å²) < 4.78 is 0. The molecule has 0 saturated carbocycles. The van der Waals surface area contributed by atoms with Gasteiger partial charge in [0.1, 0.15) is 6.17 Å². The van der Waals surface area contributed by atoms with Crippen LogP contribution in [0.3, 0.4) is 0 Å². The summed E-state index contributed by atoms with van der Waals surface area (Å²) in [5, 5.41) is 17.2. The molecule has 0 aromatic heterocycles. The summed E-state index contributed by atoms with van der Waals surface area (Å²) >= 11 is 0. The van der Waals surface area contributed by atoms with Gasteiger partial charge in [-0.05, 0) is 7.05 Å². The summed E-state index contributed by atoms with van der Waals surface area (Å²) in [7, 11) is 5.67. The largest absolute Gasteiger partial charge is 0.611 e. The highest BCUT2D eigenvalue weighted by Gasteiger charge is 2.44. The summed E-state index contributed by atoms with van der Waals surface area (Å²) in [6, 6.07) is 0. The van der Waals surface area contributed by atoms with Crippen molar-refractivity contribution in [2.24, 2.45) is 4.99 Å². The third-order valence-corrected chi connectivity index (χ3v) is 3.57. The molecule has 8 nitrogen and oxygen atoms in total. The molecule has 1 rings (SSSR count). The molecule has 1 saturated heterocycles. The summed E-state index contributed by atoms with van der Waals surface area (Å²) in [6.07, 6.45) is 2.56. The smallest absolute Gasteiger partial charge is 0.187 e. The molecular formula is C12H29N7O. The van der Waals surface area contributed by atoms with Gasteiger partial charge in [0, 0.05) is 54.0 Å². The van der Waals surface area contributed by atoms with Gasteiger partial charge in [-0.15, -0.1) is 5.43 Å². The van der Waals surface area contributed by atoms with E-state index in [1.165, 1.54) is 0 Å². The zero-order valence-corrected chi connectivity index (χ0v) is 13.2. The van der Waals surface area contributed by atoms with E-state index in [-0.39, 0.29) is 11.3 Å². The number of hydrazine groups is 1. The predicted molar refractivity (Wildman–Crippen MR) is 80.8 cm³/mol. The van der Waals surface area contributed by atoms with Crippen LogP contribution in [0, 0.1) is 5.21 Å². The maximum absolute atomic E-state index is 12.0. The Bertz CT molecular complexity index is 310. The molecule has 0 spiro atoms. The van der Waals surface area contributed by atoms with Gasteiger partial charge >= 0.3 is 0 Å². The Kier molecular flexibility index (Phi) is 6.80. The molecule has 20 heavy (non-hydrogen) atoms. The van der Waals surface area contributed by atoms with E-state index in [1.807, 2.05) is 32.8 Å². The molecule has 0 aliphatic carbocycles. The molecule has 2 atom stereocenters. The van der Waals surface area contributed by atoms with E-state index in [1.54, 1.807) is 13.4 Å². The molecular weight excluding hydrogens is 258 g/mol. The van der Waals surface area contributed by atoms with Crippen LogP contribution in [0.1, 0.15) is 20.3 Å². The van der Waals surface area contributed by atoms with Crippen molar-refractivity contribution in [2.75, 3.05) is 40.8 Å². The zero-order valence-electron chi connectivity index (χ0n) is 13.2. The predicted octanol–water partition coefficient (Wildman–Crippen LogP) is -2.04. The second-order valence-corrected chi connectivity index (χ2v) is 5.55. The van der Waals surface area contributed by atoms with Gasteiger partial charge < -0.3 is 10.5 Å². The second kappa shape index (κ2) is 7.87. The Morgan fingerprint density at radius 2 is 2.20 bits per heavy atom. The van der Waals surface area contributed by atoms with E-state index in [9.17, 15) is 5.21 Å². The van der Waals surface area contributed by atoms with Crippen molar-refractivity contribution in [1.29, 1.82) is 0 Å². The Hall–Kier alpha value is -0.770. The quantitative estimate of drug-likeness (QED) is 0.178. The van der Waals surface area contributed by atoms with E-state index < -0.39 is 5.66 Å². The van der Waals surface area contributed by atoms with Gasteiger partial charge in [0.15, 0.2) is 5.66 Å². The first-order valence-electron chi connectivity index (χ1n) is 7.04. The molecule has 1 aliphatic rings. The highest BCUT2D eigenvalue weighted by atomic mass is 16.6. The van der Waals surface area contributed by atoms with Crippen LogP contribution in [0.5, 0.6) is 0 Å². The van der Waals surface area contributed by atoms with Gasteiger partial charge in [-0.1, -0.05) is 0 Å². The third-order valence-electron chi connectivity index (χ3n) is 3.57. The lowest BCUT2D eigenvalue weighted by Gasteiger charge is -2.33. The highest BCUT2D eigenvalue weighted by molar-refractivity contribution is 5.56. The van der Waals surface area contributed by atoms with Crippen LogP contribution in [0.2, 0.25) is 0 Å². The number of nitrogens with one attached hydrogen (secondary N) is 4. The molecule has 1 unspecified atom stereocenters. The highest BCUT2D eigenvalue weighted by Crippen LogP contribution is 2.14. The third kappa shape index (κ3) is 4.37. The van der Waals surface area contributed by atoms with Crippen molar-refractivity contribution in [3.05, 3.63) is 5.21 Å². The number of likely N-dealkylation sites (N-methyl/N-ethyl adjacent to an activating group) is 2. The number of hydroxylamine groups is 1. The molecule has 0 amide bonds. The fourth-order valence-electron chi connectivity index (χ4n) is 2.22. The van der Waals surface area contributed by atoms with E-state index >= 15 is 0 Å². The minimum atomic E-state index is -0.539. The van der Waals surface area contributed by atoms with Gasteiger partial charge in [0.25, 0.3) is 0 Å². The van der Waals surface area contributed by atoms with Crippen LogP contribution in [-0.2, 0) is 0 Å². The van der Waals surface area contributed by atoms with Crippen molar-refractivity contribution < 1.29 is 5.17 Å². The average molecular weight is 287 g/mol. The fraction of sp³-hybridized carbons (Fsp3) is 0.917. The molecule has 0 radical (unpaired) electrons. The summed E-state index contributed by atoms with van der Waals surface area (Å²) in [5.74, 6) is 0. The zero-order chi connectivity index (χ0) is 15.2. The first kappa shape index (κ1) is 17.3. The van der Waals surface area contributed by atoms with Crippen molar-refractivity contribution in [3.63, 3.8) is 0 Å². The van der Waals surface area contributed by atoms with Crippen molar-refractivity contribution in [3.8, 4) is 0 Å². The van der Waals surface area contributed by atoms with Crippen molar-refractivity contribution in [2.45, 2.75) is 32.1 Å². The topological polar surface area (TPSA) is 82.4 Å². The Balaban J connectivity index is 2.43. The molecule has 118 valence electrons. The number of hydrogen-bond acceptors (Lipinski definition) is 6. The number of rotatable bonds is 8. The van der Waals surface area contributed by atoms with E-state index in [0.717, 1.165) is 26.1 Å². The Morgan fingerprint density at radius 1 is 1.50 bits per heavy atom. The van der Waals surface area contributed by atoms with E-state index in [2.05, 4.69) is 26.2 Å². The molecule has 8 heteroatoms.